The highest BCUT2D eigenvalue weighted by molar-refractivity contribution is 5.52. The first-order valence-electron chi connectivity index (χ1n) is 7.26. The Hall–Kier alpha value is -2.04. The third-order valence-electron chi connectivity index (χ3n) is 2.92. The van der Waals surface area contributed by atoms with Gasteiger partial charge in [0.15, 0.2) is 0 Å². The van der Waals surface area contributed by atoms with E-state index in [0.717, 1.165) is 11.3 Å². The molecule has 21 heavy (non-hydrogen) atoms. The molecule has 2 aromatic rings. The third kappa shape index (κ3) is 4.21. The summed E-state index contributed by atoms with van der Waals surface area (Å²) in [7, 11) is 0. The van der Waals surface area contributed by atoms with Crippen molar-refractivity contribution in [3.63, 3.8) is 0 Å². The van der Waals surface area contributed by atoms with E-state index in [1.165, 1.54) is 0 Å². The smallest absolute Gasteiger partial charge is 0.237 e. The Morgan fingerprint density at radius 3 is 2.71 bits per heavy atom. The molecule has 2 aromatic heterocycles. The Morgan fingerprint density at radius 1 is 1.33 bits per heavy atom. The molecule has 0 fully saturated rings. The minimum absolute atomic E-state index is 0.00152. The molecule has 0 aliphatic heterocycles. The van der Waals surface area contributed by atoms with Gasteiger partial charge in [0.25, 0.3) is 0 Å². The summed E-state index contributed by atoms with van der Waals surface area (Å²) >= 11 is 0. The summed E-state index contributed by atoms with van der Waals surface area (Å²) in [5.74, 6) is 0.635. The number of pyridine rings is 1. The highest BCUT2D eigenvalue weighted by Gasteiger charge is 2.14. The van der Waals surface area contributed by atoms with Crippen molar-refractivity contribution in [1.82, 2.24) is 14.8 Å². The molecule has 0 amide bonds. The van der Waals surface area contributed by atoms with Gasteiger partial charge < -0.3 is 10.1 Å². The van der Waals surface area contributed by atoms with Crippen LogP contribution in [0.15, 0.2) is 30.7 Å². The van der Waals surface area contributed by atoms with Crippen molar-refractivity contribution in [3.8, 4) is 5.88 Å². The average Bonchev–Trinajstić information content (AvgIpc) is 2.86. The molecule has 0 saturated heterocycles. The number of nitrogens with zero attached hydrogens (tertiary/aromatic N) is 3. The Morgan fingerprint density at radius 2 is 2.10 bits per heavy atom. The fourth-order valence-corrected chi connectivity index (χ4v) is 1.86. The molecule has 0 aliphatic carbocycles. The molecule has 0 radical (unpaired) electrons. The molecule has 0 aromatic carbocycles. The van der Waals surface area contributed by atoms with Crippen LogP contribution in [0.1, 0.15) is 40.2 Å². The van der Waals surface area contributed by atoms with Gasteiger partial charge in [-0.1, -0.05) is 0 Å². The topological polar surface area (TPSA) is 52.0 Å². The summed E-state index contributed by atoms with van der Waals surface area (Å²) in [6.45, 7) is 11.1. The Balaban J connectivity index is 2.05. The Bertz CT molecular complexity index is 584. The number of hydrogen-bond acceptors (Lipinski definition) is 4. The molecule has 5 heteroatoms. The second-order valence-corrected chi connectivity index (χ2v) is 6.34. The lowest BCUT2D eigenvalue weighted by molar-refractivity contribution is 0.234. The van der Waals surface area contributed by atoms with Crippen LogP contribution < -0.4 is 10.1 Å². The summed E-state index contributed by atoms with van der Waals surface area (Å²) in [5.41, 5.74) is 2.03. The first kappa shape index (κ1) is 15.4. The molecule has 0 spiro atoms. The van der Waals surface area contributed by atoms with Crippen molar-refractivity contribution >= 4 is 5.69 Å². The lowest BCUT2D eigenvalue weighted by Gasteiger charge is -2.18. The van der Waals surface area contributed by atoms with Crippen molar-refractivity contribution in [2.24, 2.45) is 0 Å². The molecule has 5 nitrogen and oxygen atoms in total. The summed E-state index contributed by atoms with van der Waals surface area (Å²) in [6.07, 6.45) is 5.79. The maximum Gasteiger partial charge on any atom is 0.237 e. The van der Waals surface area contributed by atoms with Crippen molar-refractivity contribution in [3.05, 3.63) is 36.3 Å². The van der Waals surface area contributed by atoms with Crippen LogP contribution in [-0.2, 0) is 12.1 Å². The van der Waals surface area contributed by atoms with Gasteiger partial charge in [0.05, 0.1) is 23.5 Å². The van der Waals surface area contributed by atoms with Gasteiger partial charge in [-0.15, -0.1) is 0 Å². The van der Waals surface area contributed by atoms with Crippen molar-refractivity contribution in [1.29, 1.82) is 0 Å². The van der Waals surface area contributed by atoms with Crippen LogP contribution >= 0.6 is 0 Å². The molecule has 2 heterocycles. The Labute approximate surface area is 126 Å². The molecule has 0 aliphatic rings. The zero-order valence-corrected chi connectivity index (χ0v) is 13.4. The van der Waals surface area contributed by atoms with E-state index < -0.39 is 0 Å². The van der Waals surface area contributed by atoms with Gasteiger partial charge in [0.2, 0.25) is 5.88 Å². The normalized spacial score (nSPS) is 11.7. The van der Waals surface area contributed by atoms with E-state index in [2.05, 4.69) is 42.4 Å². The lowest BCUT2D eigenvalue weighted by atomic mass is 10.1. The Kier molecular flexibility index (Phi) is 4.50. The summed E-state index contributed by atoms with van der Waals surface area (Å²) in [4.78, 5) is 4.27. The highest BCUT2D eigenvalue weighted by Crippen LogP contribution is 2.22. The second-order valence-electron chi connectivity index (χ2n) is 6.34. The van der Waals surface area contributed by atoms with Crippen molar-refractivity contribution in [2.75, 3.05) is 5.32 Å². The SMILES string of the molecule is CC(C)Oc1ncccc1NCc1cnn(C(C)(C)C)c1. The van der Waals surface area contributed by atoms with E-state index in [0.29, 0.717) is 12.4 Å². The fourth-order valence-electron chi connectivity index (χ4n) is 1.86. The van der Waals surface area contributed by atoms with E-state index in [9.17, 15) is 0 Å². The quantitative estimate of drug-likeness (QED) is 0.915. The maximum absolute atomic E-state index is 5.70. The number of anilines is 1. The van der Waals surface area contributed by atoms with Gasteiger partial charge in [-0.2, -0.15) is 5.10 Å². The van der Waals surface area contributed by atoms with Gasteiger partial charge >= 0.3 is 0 Å². The number of hydrogen-bond donors (Lipinski definition) is 1. The monoisotopic (exact) mass is 288 g/mol. The van der Waals surface area contributed by atoms with E-state index in [1.807, 2.05) is 36.9 Å². The van der Waals surface area contributed by atoms with E-state index >= 15 is 0 Å². The number of aromatic nitrogens is 3. The van der Waals surface area contributed by atoms with E-state index in [-0.39, 0.29) is 11.6 Å². The molecule has 0 bridgehead atoms. The molecule has 0 atom stereocenters. The average molecular weight is 288 g/mol. The second kappa shape index (κ2) is 6.16. The number of ether oxygens (including phenoxy) is 1. The molecule has 0 saturated carbocycles. The lowest BCUT2D eigenvalue weighted by Crippen LogP contribution is -2.22. The minimum atomic E-state index is -0.00152. The van der Waals surface area contributed by atoms with Gasteiger partial charge in [0.1, 0.15) is 0 Å². The molecular weight excluding hydrogens is 264 g/mol. The summed E-state index contributed by atoms with van der Waals surface area (Å²) < 4.78 is 7.67. The van der Waals surface area contributed by atoms with Crippen LogP contribution in [0.2, 0.25) is 0 Å². The third-order valence-corrected chi connectivity index (χ3v) is 2.92. The van der Waals surface area contributed by atoms with Gasteiger partial charge in [-0.05, 0) is 46.8 Å². The standard InChI is InChI=1S/C16H24N4O/c1-12(2)21-15-14(7-6-8-17-15)18-9-13-10-19-20(11-13)16(3,4)5/h6-8,10-12,18H,9H2,1-5H3. The van der Waals surface area contributed by atoms with Crippen molar-refractivity contribution in [2.45, 2.75) is 52.8 Å². The first-order valence-corrected chi connectivity index (χ1v) is 7.26. The molecule has 1 N–H and O–H groups in total. The molecule has 0 unspecified atom stereocenters. The predicted molar refractivity (Wildman–Crippen MR) is 84.6 cm³/mol. The molecule has 2 rings (SSSR count). The summed E-state index contributed by atoms with van der Waals surface area (Å²) in [5, 5.41) is 7.76. The number of nitrogens with one attached hydrogen (secondary N) is 1. The molecular formula is C16H24N4O. The largest absolute Gasteiger partial charge is 0.473 e. The fraction of sp³-hybridized carbons (Fsp3) is 0.500. The van der Waals surface area contributed by atoms with Gasteiger partial charge in [-0.3, -0.25) is 4.68 Å². The van der Waals surface area contributed by atoms with E-state index in [4.69, 9.17) is 4.74 Å². The zero-order chi connectivity index (χ0) is 15.5. The van der Waals surface area contributed by atoms with Crippen molar-refractivity contribution < 1.29 is 4.74 Å². The molecule has 114 valence electrons. The highest BCUT2D eigenvalue weighted by atomic mass is 16.5. The van der Waals surface area contributed by atoms with Gasteiger partial charge in [-0.25, -0.2) is 4.98 Å². The van der Waals surface area contributed by atoms with Crippen LogP contribution in [0, 0.1) is 0 Å². The van der Waals surface area contributed by atoms with Crippen LogP contribution in [-0.4, -0.2) is 20.9 Å². The predicted octanol–water partition coefficient (Wildman–Crippen LogP) is 3.43. The summed E-state index contributed by atoms with van der Waals surface area (Å²) in [6, 6.07) is 3.87. The first-order chi connectivity index (χ1) is 9.86. The van der Waals surface area contributed by atoms with Crippen LogP contribution in [0.4, 0.5) is 5.69 Å². The van der Waals surface area contributed by atoms with Crippen LogP contribution in [0.5, 0.6) is 5.88 Å². The zero-order valence-electron chi connectivity index (χ0n) is 13.4. The maximum atomic E-state index is 5.70. The van der Waals surface area contributed by atoms with E-state index in [1.54, 1.807) is 6.20 Å². The van der Waals surface area contributed by atoms with Crippen LogP contribution in [0.25, 0.3) is 0 Å². The van der Waals surface area contributed by atoms with Gasteiger partial charge in [0, 0.05) is 24.5 Å². The van der Waals surface area contributed by atoms with Crippen LogP contribution in [0.3, 0.4) is 0 Å². The minimum Gasteiger partial charge on any atom is -0.473 e. The number of rotatable bonds is 5.